The van der Waals surface area contributed by atoms with Gasteiger partial charge in [-0.2, -0.15) is 0 Å². The second-order valence-electron chi connectivity index (χ2n) is 5.89. The van der Waals surface area contributed by atoms with Crippen molar-refractivity contribution in [3.05, 3.63) is 17.8 Å². The van der Waals surface area contributed by atoms with E-state index in [0.29, 0.717) is 24.1 Å². The molecule has 0 aromatic carbocycles. The van der Waals surface area contributed by atoms with E-state index in [1.807, 2.05) is 13.8 Å². The molecule has 5 heteroatoms. The fourth-order valence-corrected chi connectivity index (χ4v) is 2.76. The Bertz CT molecular complexity index is 438. The monoisotopic (exact) mass is 279 g/mol. The summed E-state index contributed by atoms with van der Waals surface area (Å²) in [6, 6.07) is -0.173. The predicted octanol–water partition coefficient (Wildman–Crippen LogP) is 2.19. The fourth-order valence-electron chi connectivity index (χ4n) is 2.76. The molecule has 2 N–H and O–H groups in total. The number of nitrogens with one attached hydrogen (secondary N) is 2. The second-order valence-corrected chi connectivity index (χ2v) is 5.89. The molecule has 2 heterocycles. The summed E-state index contributed by atoms with van der Waals surface area (Å²) in [6.45, 7) is 8.05. The first-order valence-electron chi connectivity index (χ1n) is 7.48. The van der Waals surface area contributed by atoms with E-state index in [-0.39, 0.29) is 11.9 Å². The SMILES string of the molecule is Cc1cnc(C(C)NC(=O)CC(C)C2CCCNC2)o1. The van der Waals surface area contributed by atoms with Gasteiger partial charge in [-0.05, 0) is 51.6 Å². The van der Waals surface area contributed by atoms with Gasteiger partial charge in [0.1, 0.15) is 11.8 Å². The molecule has 1 saturated heterocycles. The van der Waals surface area contributed by atoms with Crippen LogP contribution in [-0.2, 0) is 4.79 Å². The van der Waals surface area contributed by atoms with Crippen LogP contribution in [0, 0.1) is 18.8 Å². The number of amides is 1. The molecule has 1 aliphatic heterocycles. The molecule has 3 unspecified atom stereocenters. The summed E-state index contributed by atoms with van der Waals surface area (Å²) in [7, 11) is 0. The minimum Gasteiger partial charge on any atom is -0.444 e. The molecule has 0 bridgehead atoms. The lowest BCUT2D eigenvalue weighted by atomic mass is 9.85. The lowest BCUT2D eigenvalue weighted by molar-refractivity contribution is -0.123. The first-order chi connectivity index (χ1) is 9.56. The van der Waals surface area contributed by atoms with Crippen molar-refractivity contribution >= 4 is 5.91 Å². The predicted molar refractivity (Wildman–Crippen MR) is 77.2 cm³/mol. The molecule has 112 valence electrons. The van der Waals surface area contributed by atoms with Gasteiger partial charge in [0, 0.05) is 6.42 Å². The van der Waals surface area contributed by atoms with Crippen molar-refractivity contribution in [1.82, 2.24) is 15.6 Å². The number of piperidine rings is 1. The molecule has 0 saturated carbocycles. The maximum absolute atomic E-state index is 12.1. The molecule has 3 atom stereocenters. The summed E-state index contributed by atoms with van der Waals surface area (Å²) in [6.07, 6.45) is 4.67. The number of aryl methyl sites for hydroxylation is 1. The highest BCUT2D eigenvalue weighted by molar-refractivity contribution is 5.76. The van der Waals surface area contributed by atoms with Crippen LogP contribution in [0.1, 0.15) is 50.8 Å². The van der Waals surface area contributed by atoms with Crippen LogP contribution >= 0.6 is 0 Å². The van der Waals surface area contributed by atoms with Crippen LogP contribution < -0.4 is 10.6 Å². The average Bonchev–Trinajstić information content (AvgIpc) is 2.86. The van der Waals surface area contributed by atoms with Gasteiger partial charge in [0.15, 0.2) is 0 Å². The van der Waals surface area contributed by atoms with Crippen LogP contribution in [0.3, 0.4) is 0 Å². The van der Waals surface area contributed by atoms with Gasteiger partial charge in [-0.15, -0.1) is 0 Å². The van der Waals surface area contributed by atoms with E-state index in [2.05, 4.69) is 22.5 Å². The number of aromatic nitrogens is 1. The highest BCUT2D eigenvalue weighted by Crippen LogP contribution is 2.23. The van der Waals surface area contributed by atoms with Gasteiger partial charge in [0.25, 0.3) is 0 Å². The first-order valence-corrected chi connectivity index (χ1v) is 7.48. The van der Waals surface area contributed by atoms with Crippen molar-refractivity contribution in [3.63, 3.8) is 0 Å². The Labute approximate surface area is 120 Å². The van der Waals surface area contributed by atoms with E-state index in [9.17, 15) is 4.79 Å². The molecule has 1 aromatic heterocycles. The molecule has 2 rings (SSSR count). The van der Waals surface area contributed by atoms with Gasteiger partial charge in [-0.3, -0.25) is 4.79 Å². The molecule has 1 fully saturated rings. The first kappa shape index (κ1) is 15.0. The topological polar surface area (TPSA) is 67.2 Å². The Morgan fingerprint density at radius 3 is 3.00 bits per heavy atom. The number of carbonyl (C=O) groups excluding carboxylic acids is 1. The smallest absolute Gasteiger partial charge is 0.220 e. The molecule has 5 nitrogen and oxygen atoms in total. The maximum Gasteiger partial charge on any atom is 0.220 e. The summed E-state index contributed by atoms with van der Waals surface area (Å²) in [4.78, 5) is 16.2. The van der Waals surface area contributed by atoms with Crippen LogP contribution in [-0.4, -0.2) is 24.0 Å². The van der Waals surface area contributed by atoms with E-state index >= 15 is 0 Å². The Kier molecular flexibility index (Phi) is 5.17. The van der Waals surface area contributed by atoms with Gasteiger partial charge in [-0.25, -0.2) is 4.98 Å². The summed E-state index contributed by atoms with van der Waals surface area (Å²) in [5.41, 5.74) is 0. The van der Waals surface area contributed by atoms with Crippen LogP contribution in [0.15, 0.2) is 10.6 Å². The van der Waals surface area contributed by atoms with Crippen molar-refractivity contribution < 1.29 is 9.21 Å². The van der Waals surface area contributed by atoms with Crippen molar-refractivity contribution in [2.45, 2.75) is 46.1 Å². The molecular weight excluding hydrogens is 254 g/mol. The normalized spacial score (nSPS) is 22.2. The number of rotatable bonds is 5. The lowest BCUT2D eigenvalue weighted by Gasteiger charge is -2.28. The van der Waals surface area contributed by atoms with E-state index in [1.54, 1.807) is 6.20 Å². The zero-order chi connectivity index (χ0) is 14.5. The summed E-state index contributed by atoms with van der Waals surface area (Å²) >= 11 is 0. The van der Waals surface area contributed by atoms with Gasteiger partial charge in [0.2, 0.25) is 11.8 Å². The standard InChI is InChI=1S/C15H25N3O2/c1-10(13-5-4-6-16-9-13)7-14(19)18-12(3)15-17-8-11(2)20-15/h8,10,12-13,16H,4-7,9H2,1-3H3,(H,18,19). The number of hydrogen-bond donors (Lipinski definition) is 2. The molecule has 1 aliphatic rings. The third-order valence-corrected chi connectivity index (χ3v) is 4.03. The van der Waals surface area contributed by atoms with E-state index in [4.69, 9.17) is 4.42 Å². The minimum absolute atomic E-state index is 0.0754. The lowest BCUT2D eigenvalue weighted by Crippen LogP contribution is -2.36. The summed E-state index contributed by atoms with van der Waals surface area (Å²) in [5.74, 6) is 2.42. The Morgan fingerprint density at radius 1 is 1.60 bits per heavy atom. The van der Waals surface area contributed by atoms with E-state index in [1.165, 1.54) is 12.8 Å². The quantitative estimate of drug-likeness (QED) is 0.867. The molecule has 0 spiro atoms. The average molecular weight is 279 g/mol. The molecule has 1 amide bonds. The Hall–Kier alpha value is -1.36. The second kappa shape index (κ2) is 6.88. The molecule has 0 aliphatic carbocycles. The van der Waals surface area contributed by atoms with Crippen LogP contribution in [0.2, 0.25) is 0 Å². The van der Waals surface area contributed by atoms with Crippen molar-refractivity contribution in [2.75, 3.05) is 13.1 Å². The molecule has 1 aromatic rings. The van der Waals surface area contributed by atoms with E-state index in [0.717, 1.165) is 18.8 Å². The number of hydrogen-bond acceptors (Lipinski definition) is 4. The number of oxazole rings is 1. The molecular formula is C15H25N3O2. The van der Waals surface area contributed by atoms with Crippen LogP contribution in [0.25, 0.3) is 0 Å². The van der Waals surface area contributed by atoms with E-state index < -0.39 is 0 Å². The molecule has 0 radical (unpaired) electrons. The van der Waals surface area contributed by atoms with Crippen molar-refractivity contribution in [1.29, 1.82) is 0 Å². The highest BCUT2D eigenvalue weighted by atomic mass is 16.4. The highest BCUT2D eigenvalue weighted by Gasteiger charge is 2.23. The minimum atomic E-state index is -0.173. The van der Waals surface area contributed by atoms with Gasteiger partial charge >= 0.3 is 0 Å². The van der Waals surface area contributed by atoms with Gasteiger partial charge in [-0.1, -0.05) is 6.92 Å². The largest absolute Gasteiger partial charge is 0.444 e. The van der Waals surface area contributed by atoms with Crippen LogP contribution in [0.5, 0.6) is 0 Å². The van der Waals surface area contributed by atoms with Gasteiger partial charge < -0.3 is 15.1 Å². The van der Waals surface area contributed by atoms with Gasteiger partial charge in [0.05, 0.1) is 6.20 Å². The van der Waals surface area contributed by atoms with Crippen molar-refractivity contribution in [3.8, 4) is 0 Å². The molecule has 20 heavy (non-hydrogen) atoms. The Balaban J connectivity index is 1.79. The van der Waals surface area contributed by atoms with Crippen LogP contribution in [0.4, 0.5) is 0 Å². The summed E-state index contributed by atoms with van der Waals surface area (Å²) in [5, 5.41) is 6.37. The number of carbonyl (C=O) groups is 1. The zero-order valence-corrected chi connectivity index (χ0v) is 12.6. The number of nitrogens with zero attached hydrogens (tertiary/aromatic N) is 1. The summed E-state index contributed by atoms with van der Waals surface area (Å²) < 4.78 is 5.43. The van der Waals surface area contributed by atoms with Crippen molar-refractivity contribution in [2.24, 2.45) is 11.8 Å². The third kappa shape index (κ3) is 4.07. The third-order valence-electron chi connectivity index (χ3n) is 4.03. The fraction of sp³-hybridized carbons (Fsp3) is 0.733. The Morgan fingerprint density at radius 2 is 2.40 bits per heavy atom. The maximum atomic E-state index is 12.1. The zero-order valence-electron chi connectivity index (χ0n) is 12.6.